The quantitative estimate of drug-likeness (QED) is 0.0275. The van der Waals surface area contributed by atoms with E-state index in [0.717, 1.165) is 61.5 Å². The van der Waals surface area contributed by atoms with Crippen molar-refractivity contribution in [3.05, 3.63) is 108 Å². The van der Waals surface area contributed by atoms with Gasteiger partial charge in [-0.3, -0.25) is 0 Å². The average molecular weight is 1010 g/mol. The molecule has 0 radical (unpaired) electrons. The maximum Gasteiger partial charge on any atom is 2.00 e. The summed E-state index contributed by atoms with van der Waals surface area (Å²) in [4.78, 5) is 4.24. The monoisotopic (exact) mass is 1010 g/mol. The maximum absolute atomic E-state index is 11.5. The van der Waals surface area contributed by atoms with Crippen molar-refractivity contribution in [3.8, 4) is 0 Å². The standard InChI is InChI=1S/2C28H42N2O3S.Ca/c2*1-2-3-4-5-6-7-8-9-10-11-12-16-19-28-29-26-22-25(34(31,32)33)20-21-27(26)30(28)23-24-17-14-13-15-18-24;/h2*13-15,17-18,20-22,28-29H,2-12,16,19,23H2,1H3,(H,31,32,33);/q;;+2/p-2. The smallest absolute Gasteiger partial charge is 0.744 e. The molecule has 13 heteroatoms. The molecule has 2 aliphatic rings. The van der Waals surface area contributed by atoms with Crippen LogP contribution in [0, 0.1) is 0 Å². The van der Waals surface area contributed by atoms with Crippen LogP contribution in [-0.2, 0) is 33.3 Å². The molecule has 0 amide bonds. The predicted molar refractivity (Wildman–Crippen MR) is 286 cm³/mol. The molecule has 2 aliphatic heterocycles. The molecular formula is C56H82CaN4O6S2. The number of hydrogen-bond acceptors (Lipinski definition) is 10. The van der Waals surface area contributed by atoms with Crippen molar-refractivity contribution >= 4 is 80.7 Å². The minimum Gasteiger partial charge on any atom is -0.744 e. The zero-order chi connectivity index (χ0) is 48.5. The number of hydrogen-bond donors (Lipinski definition) is 2. The van der Waals surface area contributed by atoms with E-state index >= 15 is 0 Å². The summed E-state index contributed by atoms with van der Waals surface area (Å²) in [7, 11) is -8.93. The van der Waals surface area contributed by atoms with Crippen molar-refractivity contribution < 1.29 is 25.9 Å². The van der Waals surface area contributed by atoms with Crippen LogP contribution in [0.1, 0.15) is 192 Å². The van der Waals surface area contributed by atoms with Gasteiger partial charge in [0.2, 0.25) is 0 Å². The van der Waals surface area contributed by atoms with Crippen LogP contribution in [0.2, 0.25) is 0 Å². The van der Waals surface area contributed by atoms with E-state index in [1.807, 2.05) is 36.4 Å². The van der Waals surface area contributed by atoms with Crippen LogP contribution in [0.25, 0.3) is 0 Å². The molecular weight excluding hydrogens is 929 g/mol. The van der Waals surface area contributed by atoms with E-state index in [9.17, 15) is 25.9 Å². The fourth-order valence-corrected chi connectivity index (χ4v) is 10.7. The number of rotatable bonds is 32. The maximum atomic E-state index is 11.5. The molecule has 2 heterocycles. The normalized spacial score (nSPS) is 15.1. The van der Waals surface area contributed by atoms with E-state index < -0.39 is 20.2 Å². The van der Waals surface area contributed by atoms with Crippen LogP contribution < -0.4 is 20.4 Å². The molecule has 10 nitrogen and oxygen atoms in total. The van der Waals surface area contributed by atoms with E-state index in [-0.39, 0.29) is 59.9 Å². The van der Waals surface area contributed by atoms with Gasteiger partial charge in [0.25, 0.3) is 0 Å². The second-order valence-corrected chi connectivity index (χ2v) is 21.9. The fraction of sp³-hybridized carbons (Fsp3) is 0.571. The third kappa shape index (κ3) is 21.0. The van der Waals surface area contributed by atoms with Crippen molar-refractivity contribution in [2.75, 3.05) is 20.4 Å². The van der Waals surface area contributed by atoms with Gasteiger partial charge in [-0.15, -0.1) is 0 Å². The van der Waals surface area contributed by atoms with Crippen LogP contribution in [0.15, 0.2) is 107 Å². The second-order valence-electron chi connectivity index (χ2n) is 19.2. The van der Waals surface area contributed by atoms with Gasteiger partial charge < -0.3 is 29.5 Å². The van der Waals surface area contributed by atoms with Gasteiger partial charge in [0.15, 0.2) is 0 Å². The van der Waals surface area contributed by atoms with Crippen LogP contribution in [0.4, 0.5) is 22.7 Å². The first-order valence-corrected chi connectivity index (χ1v) is 29.1. The molecule has 0 aliphatic carbocycles. The molecule has 0 spiro atoms. The van der Waals surface area contributed by atoms with Crippen LogP contribution >= 0.6 is 0 Å². The van der Waals surface area contributed by atoms with Gasteiger partial charge in [0, 0.05) is 13.1 Å². The summed E-state index contributed by atoms with van der Waals surface area (Å²) in [5.74, 6) is 0. The van der Waals surface area contributed by atoms with Crippen molar-refractivity contribution in [3.63, 3.8) is 0 Å². The van der Waals surface area contributed by atoms with Crippen LogP contribution in [0.3, 0.4) is 0 Å². The third-order valence-electron chi connectivity index (χ3n) is 13.6. The molecule has 0 saturated carbocycles. The van der Waals surface area contributed by atoms with E-state index in [1.165, 1.54) is 177 Å². The van der Waals surface area contributed by atoms with Gasteiger partial charge >= 0.3 is 37.7 Å². The van der Waals surface area contributed by atoms with Crippen molar-refractivity contribution in [1.29, 1.82) is 0 Å². The summed E-state index contributed by atoms with van der Waals surface area (Å²) < 4.78 is 68.9. The summed E-state index contributed by atoms with van der Waals surface area (Å²) in [5, 5.41) is 6.96. The minimum absolute atomic E-state index is 0. The van der Waals surface area contributed by atoms with Gasteiger partial charge in [-0.1, -0.05) is 216 Å². The summed E-state index contributed by atoms with van der Waals surface area (Å²) in [6.07, 6.45) is 33.9. The van der Waals surface area contributed by atoms with Gasteiger partial charge in [-0.2, -0.15) is 0 Å². The molecule has 0 aromatic heterocycles. The van der Waals surface area contributed by atoms with Crippen molar-refractivity contribution in [2.45, 2.75) is 216 Å². The first-order chi connectivity index (χ1) is 33.0. The number of nitrogens with one attached hydrogen (secondary N) is 2. The topological polar surface area (TPSA) is 145 Å². The Bertz CT molecular complexity index is 2090. The molecule has 69 heavy (non-hydrogen) atoms. The summed E-state index contributed by atoms with van der Waals surface area (Å²) in [6, 6.07) is 29.9. The molecule has 2 unspecified atom stereocenters. The van der Waals surface area contributed by atoms with Crippen LogP contribution in [0.5, 0.6) is 0 Å². The third-order valence-corrected chi connectivity index (χ3v) is 15.2. The number of anilines is 4. The molecule has 4 aromatic carbocycles. The summed E-state index contributed by atoms with van der Waals surface area (Å²) in [5.41, 5.74) is 5.80. The van der Waals surface area contributed by atoms with E-state index in [1.54, 1.807) is 12.1 Å². The van der Waals surface area contributed by atoms with Crippen LogP contribution in [-0.4, -0.2) is 76.0 Å². The Morgan fingerprint density at radius 3 is 1.00 bits per heavy atom. The van der Waals surface area contributed by atoms with E-state index in [2.05, 4.69) is 58.5 Å². The van der Waals surface area contributed by atoms with Gasteiger partial charge in [-0.05, 0) is 73.2 Å². The van der Waals surface area contributed by atoms with Gasteiger partial charge in [0.05, 0.1) is 44.9 Å². The Kier molecular flexibility index (Phi) is 27.5. The summed E-state index contributed by atoms with van der Waals surface area (Å²) >= 11 is 0. The minimum atomic E-state index is -4.47. The molecule has 376 valence electrons. The molecule has 0 bridgehead atoms. The van der Waals surface area contributed by atoms with Crippen molar-refractivity contribution in [2.24, 2.45) is 0 Å². The SMILES string of the molecule is CCCCCCCCCCCCCCC1Nc2cc(S(=O)(=O)[O-])ccc2N1Cc1ccccc1.CCCCCCCCCCCCCCC1Nc2cc(S(=O)(=O)[O-])ccc2N1Cc1ccccc1.[Ca+2]. The number of benzene rings is 4. The average Bonchev–Trinajstić information content (AvgIpc) is 3.85. The Hall–Kier alpha value is -2.84. The van der Waals surface area contributed by atoms with Gasteiger partial charge in [0.1, 0.15) is 20.2 Å². The molecule has 6 rings (SSSR count). The zero-order valence-electron chi connectivity index (χ0n) is 42.1. The number of unbranched alkanes of at least 4 members (excludes halogenated alkanes) is 22. The number of fused-ring (bicyclic) bond motifs is 2. The zero-order valence-corrected chi connectivity index (χ0v) is 45.9. The first kappa shape index (κ1) is 58.7. The predicted octanol–water partition coefficient (Wildman–Crippen LogP) is 14.5. The largest absolute Gasteiger partial charge is 2.00 e. The summed E-state index contributed by atoms with van der Waals surface area (Å²) in [6.45, 7) is 6.01. The van der Waals surface area contributed by atoms with E-state index in [0.29, 0.717) is 0 Å². The molecule has 2 N–H and O–H groups in total. The van der Waals surface area contributed by atoms with Gasteiger partial charge in [-0.25, -0.2) is 16.8 Å². The Labute approximate surface area is 447 Å². The Balaban J connectivity index is 0.000000296. The Morgan fingerprint density at radius 1 is 0.420 bits per heavy atom. The Morgan fingerprint density at radius 2 is 0.710 bits per heavy atom. The van der Waals surface area contributed by atoms with E-state index in [4.69, 9.17) is 0 Å². The fourth-order valence-electron chi connectivity index (χ4n) is 9.69. The molecule has 0 saturated heterocycles. The number of nitrogens with zero attached hydrogens (tertiary/aromatic N) is 2. The molecule has 2 atom stereocenters. The van der Waals surface area contributed by atoms with Crippen molar-refractivity contribution in [1.82, 2.24) is 0 Å². The molecule has 4 aromatic rings. The second kappa shape index (κ2) is 32.3. The molecule has 0 fully saturated rings. The first-order valence-electron chi connectivity index (χ1n) is 26.3.